The molecular formula is C19H35IN4O3. The Balaban J connectivity index is 0.00000364. The maximum Gasteiger partial charge on any atom is 0.310 e. The van der Waals surface area contributed by atoms with Gasteiger partial charge in [0.15, 0.2) is 5.96 Å². The minimum atomic E-state index is -0.136. The smallest absolute Gasteiger partial charge is 0.310 e. The molecule has 2 rings (SSSR count). The molecule has 1 saturated carbocycles. The SMILES string of the molecule is CCNC(=NCC(=O)NC1CCCCC1)N1CCCC(C(=O)OCC)C1.I. The van der Waals surface area contributed by atoms with E-state index < -0.39 is 0 Å². The van der Waals surface area contributed by atoms with Crippen LogP contribution in [0.2, 0.25) is 0 Å². The molecule has 0 aromatic rings. The van der Waals surface area contributed by atoms with Crippen molar-refractivity contribution >= 4 is 41.8 Å². The van der Waals surface area contributed by atoms with Gasteiger partial charge in [0.05, 0.1) is 12.5 Å². The zero-order valence-electron chi connectivity index (χ0n) is 16.7. The topological polar surface area (TPSA) is 83.0 Å². The Kier molecular flexibility index (Phi) is 11.7. The van der Waals surface area contributed by atoms with Crippen LogP contribution in [0.15, 0.2) is 4.99 Å². The largest absolute Gasteiger partial charge is 0.466 e. The molecule has 1 aliphatic carbocycles. The summed E-state index contributed by atoms with van der Waals surface area (Å²) in [5, 5.41) is 6.34. The fraction of sp³-hybridized carbons (Fsp3) is 0.842. The summed E-state index contributed by atoms with van der Waals surface area (Å²) in [7, 11) is 0. The van der Waals surface area contributed by atoms with Crippen LogP contribution in [0.4, 0.5) is 0 Å². The minimum absolute atomic E-state index is 0. The highest BCUT2D eigenvalue weighted by atomic mass is 127. The lowest BCUT2D eigenvalue weighted by Crippen LogP contribution is -2.48. The van der Waals surface area contributed by atoms with Gasteiger partial charge in [0, 0.05) is 25.7 Å². The molecule has 1 atom stereocenters. The Morgan fingerprint density at radius 3 is 2.52 bits per heavy atom. The second-order valence-electron chi connectivity index (χ2n) is 7.11. The fourth-order valence-corrected chi connectivity index (χ4v) is 3.71. The van der Waals surface area contributed by atoms with Gasteiger partial charge in [0.2, 0.25) is 5.91 Å². The number of likely N-dealkylation sites (tertiary alicyclic amines) is 1. The number of carbonyl (C=O) groups is 2. The van der Waals surface area contributed by atoms with Crippen LogP contribution in [0.1, 0.15) is 58.8 Å². The molecule has 1 unspecified atom stereocenters. The maximum atomic E-state index is 12.2. The van der Waals surface area contributed by atoms with E-state index in [2.05, 4.69) is 20.5 Å². The highest BCUT2D eigenvalue weighted by Gasteiger charge is 2.28. The molecule has 0 radical (unpaired) electrons. The Labute approximate surface area is 180 Å². The molecule has 1 aliphatic heterocycles. The van der Waals surface area contributed by atoms with E-state index in [-0.39, 0.29) is 48.3 Å². The van der Waals surface area contributed by atoms with Crippen molar-refractivity contribution in [1.29, 1.82) is 0 Å². The lowest BCUT2D eigenvalue weighted by Gasteiger charge is -2.34. The van der Waals surface area contributed by atoms with Crippen molar-refractivity contribution in [2.24, 2.45) is 10.9 Å². The van der Waals surface area contributed by atoms with Gasteiger partial charge in [-0.3, -0.25) is 9.59 Å². The van der Waals surface area contributed by atoms with Gasteiger partial charge < -0.3 is 20.3 Å². The van der Waals surface area contributed by atoms with Gasteiger partial charge in [-0.15, -0.1) is 24.0 Å². The van der Waals surface area contributed by atoms with Crippen molar-refractivity contribution in [2.45, 2.75) is 64.8 Å². The zero-order valence-corrected chi connectivity index (χ0v) is 19.0. The number of ether oxygens (including phenoxy) is 1. The number of aliphatic imine (C=N–C) groups is 1. The van der Waals surface area contributed by atoms with Crippen LogP contribution in [0.25, 0.3) is 0 Å². The predicted octanol–water partition coefficient (Wildman–Crippen LogP) is 2.29. The normalized spacial score (nSPS) is 21.2. The van der Waals surface area contributed by atoms with E-state index in [1.807, 2.05) is 13.8 Å². The third-order valence-corrected chi connectivity index (χ3v) is 5.02. The molecule has 0 spiro atoms. The zero-order chi connectivity index (χ0) is 18.8. The van der Waals surface area contributed by atoms with Crippen LogP contribution in [-0.4, -0.2) is 61.6 Å². The first-order chi connectivity index (χ1) is 12.6. The molecule has 0 aromatic heterocycles. The van der Waals surface area contributed by atoms with E-state index in [1.54, 1.807) is 0 Å². The number of rotatable bonds is 6. The van der Waals surface area contributed by atoms with Crippen molar-refractivity contribution in [3.8, 4) is 0 Å². The number of piperidine rings is 1. The summed E-state index contributed by atoms with van der Waals surface area (Å²) in [6, 6.07) is 0.303. The average Bonchev–Trinajstić information content (AvgIpc) is 2.66. The van der Waals surface area contributed by atoms with Crippen LogP contribution in [0, 0.1) is 5.92 Å². The highest BCUT2D eigenvalue weighted by molar-refractivity contribution is 14.0. The predicted molar refractivity (Wildman–Crippen MR) is 117 cm³/mol. The summed E-state index contributed by atoms with van der Waals surface area (Å²) in [5.41, 5.74) is 0. The van der Waals surface area contributed by atoms with Gasteiger partial charge >= 0.3 is 5.97 Å². The van der Waals surface area contributed by atoms with Crippen molar-refractivity contribution in [3.63, 3.8) is 0 Å². The van der Waals surface area contributed by atoms with E-state index >= 15 is 0 Å². The summed E-state index contributed by atoms with van der Waals surface area (Å²) in [6.07, 6.45) is 7.57. The molecule has 156 valence electrons. The summed E-state index contributed by atoms with van der Waals surface area (Å²) < 4.78 is 5.16. The highest BCUT2D eigenvalue weighted by Crippen LogP contribution is 2.18. The van der Waals surface area contributed by atoms with Crippen LogP contribution < -0.4 is 10.6 Å². The van der Waals surface area contributed by atoms with Gasteiger partial charge in [0.25, 0.3) is 0 Å². The molecule has 27 heavy (non-hydrogen) atoms. The van der Waals surface area contributed by atoms with E-state index in [9.17, 15) is 9.59 Å². The summed E-state index contributed by atoms with van der Waals surface area (Å²) >= 11 is 0. The van der Waals surface area contributed by atoms with E-state index in [0.29, 0.717) is 25.2 Å². The molecular weight excluding hydrogens is 459 g/mol. The number of carbonyl (C=O) groups excluding carboxylic acids is 2. The molecule has 0 aromatic carbocycles. The first kappa shape index (κ1) is 24.0. The number of hydrogen-bond donors (Lipinski definition) is 2. The van der Waals surface area contributed by atoms with Crippen LogP contribution in [0.5, 0.6) is 0 Å². The molecule has 1 amide bonds. The first-order valence-corrected chi connectivity index (χ1v) is 10.1. The van der Waals surface area contributed by atoms with E-state index in [0.717, 1.165) is 38.8 Å². The van der Waals surface area contributed by atoms with Crippen LogP contribution >= 0.6 is 24.0 Å². The van der Waals surface area contributed by atoms with Gasteiger partial charge in [-0.1, -0.05) is 19.3 Å². The molecule has 2 aliphatic rings. The molecule has 0 bridgehead atoms. The number of guanidine groups is 1. The molecule has 1 heterocycles. The fourth-order valence-electron chi connectivity index (χ4n) is 3.71. The molecule has 8 heteroatoms. The van der Waals surface area contributed by atoms with Gasteiger partial charge in [0.1, 0.15) is 6.54 Å². The number of nitrogens with zero attached hydrogens (tertiary/aromatic N) is 2. The summed E-state index contributed by atoms with van der Waals surface area (Å²) in [6.45, 7) is 6.52. The number of nitrogens with one attached hydrogen (secondary N) is 2. The quantitative estimate of drug-likeness (QED) is 0.256. The van der Waals surface area contributed by atoms with Crippen molar-refractivity contribution < 1.29 is 14.3 Å². The standard InChI is InChI=1S/C19H34N4O3.HI/c1-3-20-19(21-13-17(24)22-16-10-6-5-7-11-16)23-12-8-9-15(14-23)18(25)26-4-2;/h15-16H,3-14H2,1-2H3,(H,20,21)(H,22,24);1H. The second kappa shape index (κ2) is 13.2. The van der Waals surface area contributed by atoms with Gasteiger partial charge in [-0.25, -0.2) is 4.99 Å². The summed E-state index contributed by atoms with van der Waals surface area (Å²) in [5.74, 6) is 0.429. The van der Waals surface area contributed by atoms with Crippen LogP contribution in [0.3, 0.4) is 0 Å². The number of halogens is 1. The average molecular weight is 494 g/mol. The minimum Gasteiger partial charge on any atom is -0.466 e. The monoisotopic (exact) mass is 494 g/mol. The van der Waals surface area contributed by atoms with Crippen molar-refractivity contribution in [2.75, 3.05) is 32.8 Å². The summed E-state index contributed by atoms with van der Waals surface area (Å²) in [4.78, 5) is 30.8. The van der Waals surface area contributed by atoms with Crippen molar-refractivity contribution in [1.82, 2.24) is 15.5 Å². The number of hydrogen-bond acceptors (Lipinski definition) is 4. The van der Waals surface area contributed by atoms with E-state index in [1.165, 1.54) is 19.3 Å². The first-order valence-electron chi connectivity index (χ1n) is 10.1. The maximum absolute atomic E-state index is 12.2. The number of amides is 1. The lowest BCUT2D eigenvalue weighted by molar-refractivity contribution is -0.149. The Bertz CT molecular complexity index is 495. The van der Waals surface area contributed by atoms with Crippen molar-refractivity contribution in [3.05, 3.63) is 0 Å². The van der Waals surface area contributed by atoms with E-state index in [4.69, 9.17) is 4.74 Å². The Morgan fingerprint density at radius 2 is 1.85 bits per heavy atom. The molecule has 2 N–H and O–H groups in total. The van der Waals surface area contributed by atoms with Crippen LogP contribution in [-0.2, 0) is 14.3 Å². The molecule has 1 saturated heterocycles. The van der Waals surface area contributed by atoms with Gasteiger partial charge in [-0.05, 0) is 39.5 Å². The third-order valence-electron chi connectivity index (χ3n) is 5.02. The Hall–Kier alpha value is -1.06. The molecule has 7 nitrogen and oxygen atoms in total. The van der Waals surface area contributed by atoms with Gasteiger partial charge in [-0.2, -0.15) is 0 Å². The second-order valence-corrected chi connectivity index (χ2v) is 7.11. The number of esters is 1. The lowest BCUT2D eigenvalue weighted by atomic mass is 9.95. The molecule has 2 fully saturated rings. The Morgan fingerprint density at radius 1 is 1.11 bits per heavy atom. The third kappa shape index (κ3) is 8.23.